The average molecular weight is 1760 g/mol. The van der Waals surface area contributed by atoms with E-state index in [-0.39, 0.29) is 19.0 Å². The molecule has 17 N–H and O–H groups in total. The van der Waals surface area contributed by atoms with Crippen LogP contribution in [0.3, 0.4) is 0 Å². The topological polar surface area (TPSA) is 450 Å². The van der Waals surface area contributed by atoms with Gasteiger partial charge in [-0.3, -0.25) is 25.5 Å². The van der Waals surface area contributed by atoms with Gasteiger partial charge in [0.1, 0.15) is 6.04 Å². The second kappa shape index (κ2) is 38.3. The Balaban J connectivity index is 0.000000106. The maximum atomic E-state index is 11.4. The Kier molecular flexibility index (Phi) is 25.0. The molecule has 1 unspecified atom stereocenters. The van der Waals surface area contributed by atoms with Gasteiger partial charge in [0.05, 0.1) is 116 Å². The molecule has 0 bridgehead atoms. The van der Waals surface area contributed by atoms with E-state index >= 15 is 0 Å². The number of thiophene rings is 5. The van der Waals surface area contributed by atoms with Crippen LogP contribution in [0.4, 0.5) is 87.3 Å². The molecule has 630 valence electrons. The number of aromatic amines is 5. The van der Waals surface area contributed by atoms with Crippen molar-refractivity contribution in [3.63, 3.8) is 0 Å². The first-order valence-electron chi connectivity index (χ1n) is 40.6. The number of aliphatic hydroxyl groups is 1. The lowest BCUT2D eigenvalue weighted by atomic mass is 9.89. The zero-order valence-electron chi connectivity index (χ0n) is 67.1. The number of rotatable bonds is 26. The highest BCUT2D eigenvalue weighted by Gasteiger charge is 2.23. The van der Waals surface area contributed by atoms with Crippen LogP contribution >= 0.6 is 56.7 Å². The van der Waals surface area contributed by atoms with Gasteiger partial charge in [0, 0.05) is 81.0 Å². The van der Waals surface area contributed by atoms with E-state index in [1.807, 2.05) is 132 Å². The molecule has 15 heterocycles. The van der Waals surface area contributed by atoms with Crippen molar-refractivity contribution in [2.45, 2.75) is 76.3 Å². The maximum Gasteiger partial charge on any atom is 0.326 e. The van der Waals surface area contributed by atoms with Crippen LogP contribution in [0.25, 0.3) is 106 Å². The summed E-state index contributed by atoms with van der Waals surface area (Å²) < 4.78 is 5.06. The molecule has 0 saturated heterocycles. The molecule has 0 aliphatic heterocycles. The molecular formula is C87H84N30O3S5. The van der Waals surface area contributed by atoms with Gasteiger partial charge < -0.3 is 63.4 Å². The van der Waals surface area contributed by atoms with Crippen molar-refractivity contribution < 1.29 is 15.0 Å². The number of fused-ring (bicyclic) bond motifs is 10. The molecule has 2 aliphatic carbocycles. The minimum atomic E-state index is -0.983. The lowest BCUT2D eigenvalue weighted by molar-refractivity contribution is -0.137. The fourth-order valence-corrected chi connectivity index (χ4v) is 18.5. The van der Waals surface area contributed by atoms with Crippen LogP contribution in [0.2, 0.25) is 0 Å². The number of anilines is 15. The van der Waals surface area contributed by atoms with Crippen molar-refractivity contribution in [3.05, 3.63) is 205 Å². The first-order chi connectivity index (χ1) is 61.5. The van der Waals surface area contributed by atoms with Gasteiger partial charge in [-0.2, -0.15) is 50.4 Å². The molecule has 20 aromatic rings. The molecule has 33 nitrogen and oxygen atoms in total. The number of carbonyl (C=O) groups is 1. The SMILES string of the molecule is C=CCC(Nc1nc(Nc2ccc3[nH]ncc3c2)c2sccc2n1)C(=O)O.C=CCNc1nc(Nc2ccc3[nH]ncc3c2)c2sccc2n1.OCCNc1nc(Nc2ccc3[nH]ncc3c2)c2sccc2n1.c1cc2nc(NC3CCCC3)nc(Nc3ccc4[nH]ncc4c3)c2s1.c1cc2nc(NCC3CCCCC3)nc(Nc3ccc4[nH]ncc4c3)c2s1. The van der Waals surface area contributed by atoms with E-state index in [2.05, 4.69) is 181 Å². The lowest BCUT2D eigenvalue weighted by Gasteiger charge is -2.21. The predicted molar refractivity (Wildman–Crippen MR) is 509 cm³/mol. The predicted octanol–water partition coefficient (Wildman–Crippen LogP) is 20.3. The van der Waals surface area contributed by atoms with Gasteiger partial charge in [-0.1, -0.05) is 44.3 Å². The molecule has 15 aromatic heterocycles. The third kappa shape index (κ3) is 19.7. The summed E-state index contributed by atoms with van der Waals surface area (Å²) in [5.41, 5.74) is 14.2. The van der Waals surface area contributed by atoms with Crippen LogP contribution in [0.15, 0.2) is 205 Å². The zero-order valence-corrected chi connectivity index (χ0v) is 71.2. The van der Waals surface area contributed by atoms with Crippen molar-refractivity contribution in [1.82, 2.24) is 101 Å². The van der Waals surface area contributed by atoms with Crippen molar-refractivity contribution >= 4 is 256 Å². The monoisotopic (exact) mass is 1760 g/mol. The van der Waals surface area contributed by atoms with Gasteiger partial charge in [0.2, 0.25) is 29.7 Å². The van der Waals surface area contributed by atoms with Crippen LogP contribution in [0.1, 0.15) is 64.2 Å². The van der Waals surface area contributed by atoms with Gasteiger partial charge in [0.15, 0.2) is 29.1 Å². The van der Waals surface area contributed by atoms with Crippen molar-refractivity contribution in [2.24, 2.45) is 5.92 Å². The summed E-state index contributed by atoms with van der Waals surface area (Å²) in [6.07, 6.45) is 24.3. The van der Waals surface area contributed by atoms with Gasteiger partial charge in [0.25, 0.3) is 0 Å². The number of carboxylic acid groups (broad SMARTS) is 1. The highest BCUT2D eigenvalue weighted by atomic mass is 32.1. The summed E-state index contributed by atoms with van der Waals surface area (Å²) in [4.78, 5) is 57.2. The average Bonchev–Trinajstić information content (AvgIpc) is 1.74. The lowest BCUT2D eigenvalue weighted by Crippen LogP contribution is -2.29. The van der Waals surface area contributed by atoms with Crippen LogP contribution in [-0.2, 0) is 4.79 Å². The minimum Gasteiger partial charge on any atom is -0.480 e. The first-order valence-corrected chi connectivity index (χ1v) is 45.0. The highest BCUT2D eigenvalue weighted by Crippen LogP contribution is 2.38. The Morgan fingerprint density at radius 2 is 0.728 bits per heavy atom. The normalized spacial score (nSPS) is 13.1. The van der Waals surface area contributed by atoms with Crippen LogP contribution < -0.4 is 53.2 Å². The molecular weight excluding hydrogens is 1670 g/mol. The van der Waals surface area contributed by atoms with E-state index in [9.17, 15) is 9.90 Å². The number of H-pyrrole nitrogens is 5. The summed E-state index contributed by atoms with van der Waals surface area (Å²) in [5.74, 6) is 6.36. The third-order valence-electron chi connectivity index (χ3n) is 20.8. The molecule has 1 atom stereocenters. The zero-order chi connectivity index (χ0) is 84.8. The fraction of sp³-hybridized carbons (Fsp3) is 0.195. The molecule has 2 aliphatic rings. The van der Waals surface area contributed by atoms with Gasteiger partial charge in [-0.25, -0.2) is 29.7 Å². The number of aliphatic hydroxyl groups excluding tert-OH is 1. The van der Waals surface area contributed by atoms with E-state index in [1.165, 1.54) is 69.1 Å². The number of aromatic nitrogens is 20. The minimum absolute atomic E-state index is 0.0327. The second-order valence-electron chi connectivity index (χ2n) is 29.5. The number of nitrogens with one attached hydrogen (secondary N) is 15. The van der Waals surface area contributed by atoms with Crippen LogP contribution in [-0.4, -0.2) is 155 Å². The molecule has 2 fully saturated rings. The van der Waals surface area contributed by atoms with E-state index in [4.69, 9.17) is 20.1 Å². The highest BCUT2D eigenvalue weighted by molar-refractivity contribution is 7.19. The number of nitrogens with zero attached hydrogens (tertiary/aromatic N) is 15. The smallest absolute Gasteiger partial charge is 0.326 e. The number of benzene rings is 5. The van der Waals surface area contributed by atoms with Gasteiger partial charge >= 0.3 is 5.97 Å². The van der Waals surface area contributed by atoms with E-state index < -0.39 is 12.0 Å². The number of carboxylic acids is 1. The van der Waals surface area contributed by atoms with Crippen molar-refractivity contribution in [3.8, 4) is 0 Å². The quantitative estimate of drug-likeness (QED) is 0.0224. The Morgan fingerprint density at radius 3 is 1.08 bits per heavy atom. The molecule has 0 amide bonds. The first kappa shape index (κ1) is 81.6. The molecule has 0 spiro atoms. The molecule has 22 rings (SSSR count). The van der Waals surface area contributed by atoms with Gasteiger partial charge in [-0.05, 0) is 186 Å². The van der Waals surface area contributed by atoms with Crippen LogP contribution in [0, 0.1) is 5.92 Å². The maximum absolute atomic E-state index is 11.4. The second-order valence-corrected chi connectivity index (χ2v) is 34.1. The molecule has 38 heteroatoms. The fourth-order valence-electron chi connectivity index (χ4n) is 14.6. The Labute approximate surface area is 732 Å². The Morgan fingerprint density at radius 1 is 0.400 bits per heavy atom. The standard InChI is InChI=1S/C20H22N6S.C18H16N6O2S.C18H18N6S.C16H14N6S.C15H14N6OS/c1-2-4-13(5-3-1)11-21-20-24-17-8-9-27-18(17)19(25-20)23-15-6-7-16-14(10-15)12-22-26-16;1-2-3-14(17(25)26)22-18-21-13-6-7-27-15(13)16(23-18)20-11-4-5-12-10(8-11)9-19-24-12;1-2-4-12(3-1)21-18-22-15-7-8-25-16(15)17(23-18)20-13-5-6-14-11(9-13)10-19-24-14;1-2-6-17-16-20-13-5-7-23-14(13)15(21-16)19-11-3-4-12-10(8-11)9-18-22-12;22-5-4-16-15-19-12-3-6-23-13(12)14(20-15)18-10-1-2-11-9(7-10)8-17-21-11/h6-10,12-13H,1-5,11H2,(H,22,26)(H2,21,23,24,25);2,4-9,14H,1,3H2,(H,19,24)(H,25,26)(H2,20,21,22,23);5-10,12H,1-4H2,(H,19,24)(H2,20,21,22,23);2-5,7-9H,1,6H2,(H,18,22)(H2,17,19,20,21);1-3,6-8,22H,4-5H2,(H,17,21)(H2,16,18,19,20). The summed E-state index contributed by atoms with van der Waals surface area (Å²) in [5, 5.41) is 101. The van der Waals surface area contributed by atoms with E-state index in [0.29, 0.717) is 48.7 Å². The van der Waals surface area contributed by atoms with Crippen molar-refractivity contribution in [1.29, 1.82) is 0 Å². The van der Waals surface area contributed by atoms with Crippen molar-refractivity contribution in [2.75, 3.05) is 79.4 Å². The number of aliphatic carboxylic acids is 1. The number of hydrogen-bond acceptors (Lipinski definition) is 32. The Hall–Kier alpha value is -14.4. The number of hydrogen-bond donors (Lipinski definition) is 17. The summed E-state index contributed by atoms with van der Waals surface area (Å²) in [6.45, 7) is 9.32. The van der Waals surface area contributed by atoms with Gasteiger partial charge in [-0.15, -0.1) is 69.8 Å². The largest absolute Gasteiger partial charge is 0.480 e. The van der Waals surface area contributed by atoms with Crippen LogP contribution in [0.5, 0.6) is 0 Å². The molecule has 2 saturated carbocycles. The molecule has 5 aromatic carbocycles. The molecule has 125 heavy (non-hydrogen) atoms. The summed E-state index contributed by atoms with van der Waals surface area (Å²) >= 11 is 8.04. The van der Waals surface area contributed by atoms with E-state index in [1.54, 1.807) is 76.1 Å². The summed E-state index contributed by atoms with van der Waals surface area (Å²) in [6, 6.07) is 39.7. The Bertz CT molecular complexity index is 7130. The summed E-state index contributed by atoms with van der Waals surface area (Å²) in [7, 11) is 0. The molecule has 0 radical (unpaired) electrons. The van der Waals surface area contributed by atoms with E-state index in [0.717, 1.165) is 170 Å². The third-order valence-corrected chi connectivity index (χ3v) is 25.3.